The number of aryl methyl sites for hydroxylation is 1. The number of unbranched alkanes of at least 4 members (excludes halogenated alkanes) is 1. The zero-order chi connectivity index (χ0) is 18.5. The first-order valence-corrected chi connectivity index (χ1v) is 8.87. The SMILES string of the molecule is CCCCc1cc(F)ccc1B(c1ccc(F)cc1)c1ccc(F)cc1.[Na]. The van der Waals surface area contributed by atoms with Gasteiger partial charge in [-0.25, -0.2) is 13.2 Å². The molecule has 0 aliphatic heterocycles. The summed E-state index contributed by atoms with van der Waals surface area (Å²) >= 11 is 0. The van der Waals surface area contributed by atoms with E-state index in [0.29, 0.717) is 0 Å². The first kappa shape index (κ1) is 21.8. The van der Waals surface area contributed by atoms with Crippen molar-refractivity contribution in [3.05, 3.63) is 89.7 Å². The van der Waals surface area contributed by atoms with E-state index in [0.717, 1.165) is 41.2 Å². The van der Waals surface area contributed by atoms with E-state index in [4.69, 9.17) is 0 Å². The van der Waals surface area contributed by atoms with Crippen LogP contribution in [0.3, 0.4) is 0 Å². The standard InChI is InChI=1S/C22H20BF3.Na/c1-2-3-4-16-15-21(26)13-14-22(16)23(17-5-9-19(24)10-6-17)18-7-11-20(25)12-8-18;/h5-15H,2-4H2,1H3;. The van der Waals surface area contributed by atoms with Crippen LogP contribution in [0.5, 0.6) is 0 Å². The van der Waals surface area contributed by atoms with E-state index >= 15 is 0 Å². The van der Waals surface area contributed by atoms with Crippen molar-refractivity contribution in [1.82, 2.24) is 0 Å². The second kappa shape index (κ2) is 10.2. The molecule has 1 radical (unpaired) electrons. The summed E-state index contributed by atoms with van der Waals surface area (Å²) in [5.74, 6) is -0.884. The third-order valence-electron chi connectivity index (χ3n) is 4.62. The van der Waals surface area contributed by atoms with Gasteiger partial charge in [0, 0.05) is 29.6 Å². The van der Waals surface area contributed by atoms with Crippen LogP contribution in [0.1, 0.15) is 25.3 Å². The van der Waals surface area contributed by atoms with Crippen LogP contribution in [0.15, 0.2) is 66.7 Å². The Bertz CT molecular complexity index is 818. The van der Waals surface area contributed by atoms with Gasteiger partial charge < -0.3 is 0 Å². The molecule has 3 aromatic rings. The number of hydrogen-bond donors (Lipinski definition) is 0. The van der Waals surface area contributed by atoms with Gasteiger partial charge in [-0.15, -0.1) is 0 Å². The summed E-state index contributed by atoms with van der Waals surface area (Å²) < 4.78 is 40.7. The van der Waals surface area contributed by atoms with Gasteiger partial charge in [-0.05, 0) is 54.8 Å². The summed E-state index contributed by atoms with van der Waals surface area (Å²) in [7, 11) is 0. The van der Waals surface area contributed by atoms with Crippen molar-refractivity contribution in [3.8, 4) is 0 Å². The Morgan fingerprint density at radius 3 is 1.67 bits per heavy atom. The minimum absolute atomic E-state index is 0. The molecule has 0 spiro atoms. The molecule has 0 fully saturated rings. The summed E-state index contributed by atoms with van der Waals surface area (Å²) in [5.41, 5.74) is 3.69. The van der Waals surface area contributed by atoms with Gasteiger partial charge in [0.2, 0.25) is 6.71 Å². The monoisotopic (exact) mass is 375 g/mol. The Hall–Kier alpha value is -1.49. The first-order valence-electron chi connectivity index (χ1n) is 8.87. The van der Waals surface area contributed by atoms with Crippen molar-refractivity contribution in [2.24, 2.45) is 0 Å². The molecule has 0 unspecified atom stereocenters. The predicted octanol–water partition coefficient (Wildman–Crippen LogP) is 3.58. The summed E-state index contributed by atoms with van der Waals surface area (Å²) in [6, 6.07) is 17.4. The number of rotatable bonds is 6. The Balaban J connectivity index is 0.00000261. The van der Waals surface area contributed by atoms with E-state index in [2.05, 4.69) is 6.92 Å². The van der Waals surface area contributed by atoms with Gasteiger partial charge in [0.05, 0.1) is 0 Å². The molecule has 27 heavy (non-hydrogen) atoms. The fraction of sp³-hybridized carbons (Fsp3) is 0.182. The van der Waals surface area contributed by atoms with E-state index < -0.39 is 0 Å². The molecule has 0 amide bonds. The van der Waals surface area contributed by atoms with Gasteiger partial charge in [0.25, 0.3) is 0 Å². The smallest absolute Gasteiger partial charge is 0.207 e. The maximum atomic E-state index is 13.8. The van der Waals surface area contributed by atoms with E-state index in [-0.39, 0.29) is 53.7 Å². The molecule has 5 heteroatoms. The third kappa shape index (κ3) is 5.50. The van der Waals surface area contributed by atoms with Crippen LogP contribution in [-0.4, -0.2) is 36.3 Å². The van der Waals surface area contributed by atoms with Crippen molar-refractivity contribution in [3.63, 3.8) is 0 Å². The van der Waals surface area contributed by atoms with Crippen molar-refractivity contribution >= 4 is 52.7 Å². The zero-order valence-corrected chi connectivity index (χ0v) is 17.7. The second-order valence-electron chi connectivity index (χ2n) is 6.48. The van der Waals surface area contributed by atoms with Gasteiger partial charge in [-0.2, -0.15) is 0 Å². The Kier molecular flexibility index (Phi) is 8.21. The van der Waals surface area contributed by atoms with Crippen LogP contribution in [-0.2, 0) is 6.42 Å². The van der Waals surface area contributed by atoms with Crippen molar-refractivity contribution in [2.75, 3.05) is 0 Å². The zero-order valence-electron chi connectivity index (χ0n) is 15.7. The molecule has 3 aromatic carbocycles. The average Bonchev–Trinajstić information content (AvgIpc) is 2.64. The molecule has 0 aliphatic carbocycles. The molecular formula is C22H20BF3Na. The second-order valence-corrected chi connectivity index (χ2v) is 6.48. The molecule has 133 valence electrons. The van der Waals surface area contributed by atoms with E-state index in [9.17, 15) is 13.2 Å². The van der Waals surface area contributed by atoms with Crippen LogP contribution < -0.4 is 16.4 Å². The molecule has 0 saturated heterocycles. The van der Waals surface area contributed by atoms with Gasteiger partial charge in [-0.3, -0.25) is 0 Å². The molecule has 0 nitrogen and oxygen atoms in total. The topological polar surface area (TPSA) is 0 Å². The minimum Gasteiger partial charge on any atom is -0.207 e. The Morgan fingerprint density at radius 2 is 1.19 bits per heavy atom. The van der Waals surface area contributed by atoms with Crippen molar-refractivity contribution in [1.29, 1.82) is 0 Å². The maximum Gasteiger partial charge on any atom is 0.241 e. The van der Waals surface area contributed by atoms with E-state index in [1.54, 1.807) is 36.4 Å². The summed E-state index contributed by atoms with van der Waals surface area (Å²) in [5, 5.41) is 0. The normalized spacial score (nSPS) is 10.4. The summed E-state index contributed by atoms with van der Waals surface area (Å²) in [4.78, 5) is 0. The maximum absolute atomic E-state index is 13.8. The number of hydrogen-bond acceptors (Lipinski definition) is 0. The minimum atomic E-state index is -0.308. The van der Waals surface area contributed by atoms with Crippen LogP contribution in [0, 0.1) is 17.5 Å². The van der Waals surface area contributed by atoms with Crippen LogP contribution in [0.25, 0.3) is 0 Å². The molecule has 3 rings (SSSR count). The number of benzene rings is 3. The molecule has 0 aromatic heterocycles. The quantitative estimate of drug-likeness (QED) is 0.578. The van der Waals surface area contributed by atoms with Gasteiger partial charge >= 0.3 is 0 Å². The first-order chi connectivity index (χ1) is 12.6. The largest absolute Gasteiger partial charge is 0.241 e. The predicted molar refractivity (Wildman–Crippen MR) is 108 cm³/mol. The van der Waals surface area contributed by atoms with Gasteiger partial charge in [-0.1, -0.05) is 60.1 Å². The van der Waals surface area contributed by atoms with Crippen LogP contribution in [0.4, 0.5) is 13.2 Å². The van der Waals surface area contributed by atoms with Crippen molar-refractivity contribution < 1.29 is 13.2 Å². The fourth-order valence-electron chi connectivity index (χ4n) is 3.30. The van der Waals surface area contributed by atoms with Crippen molar-refractivity contribution in [2.45, 2.75) is 26.2 Å². The molecule has 0 bridgehead atoms. The molecule has 0 aliphatic rings. The molecule has 0 atom stereocenters. The van der Waals surface area contributed by atoms with E-state index in [1.807, 2.05) is 0 Å². The Morgan fingerprint density at radius 1 is 0.704 bits per heavy atom. The van der Waals surface area contributed by atoms with Gasteiger partial charge in [0.15, 0.2) is 0 Å². The summed E-state index contributed by atoms with van der Waals surface area (Å²) in [6.45, 7) is 1.89. The Labute approximate surface area is 181 Å². The molecule has 0 heterocycles. The van der Waals surface area contributed by atoms with Crippen LogP contribution in [0.2, 0.25) is 0 Å². The third-order valence-corrected chi connectivity index (χ3v) is 4.62. The molecule has 0 N–H and O–H groups in total. The fourth-order valence-corrected chi connectivity index (χ4v) is 3.30. The summed E-state index contributed by atoms with van der Waals surface area (Å²) in [6.07, 6.45) is 2.73. The number of halogens is 3. The molecular weight excluding hydrogens is 355 g/mol. The molecule has 0 saturated carbocycles. The van der Waals surface area contributed by atoms with Gasteiger partial charge in [0.1, 0.15) is 17.5 Å². The van der Waals surface area contributed by atoms with Crippen LogP contribution >= 0.6 is 0 Å². The average molecular weight is 375 g/mol. The van der Waals surface area contributed by atoms with E-state index in [1.165, 1.54) is 30.3 Å².